The molecule has 1 spiro atoms. The van der Waals surface area contributed by atoms with Crippen molar-refractivity contribution in [3.8, 4) is 0 Å². The molecule has 1 aromatic rings. The average Bonchev–Trinajstić information content (AvgIpc) is 3.09. The zero-order valence-electron chi connectivity index (χ0n) is 19.4. The first kappa shape index (κ1) is 24.6. The first-order valence-corrected chi connectivity index (χ1v) is 12.0. The van der Waals surface area contributed by atoms with Crippen LogP contribution in [0.5, 0.6) is 0 Å². The van der Waals surface area contributed by atoms with Gasteiger partial charge in [-0.1, -0.05) is 0 Å². The highest BCUT2D eigenvalue weighted by Crippen LogP contribution is 2.46. The summed E-state index contributed by atoms with van der Waals surface area (Å²) in [6, 6.07) is 3.82. The number of alkyl halides is 3. The Kier molecular flexibility index (Phi) is 6.98. The Morgan fingerprint density at radius 3 is 2.62 bits per heavy atom. The number of rotatable bonds is 4. The predicted octanol–water partition coefficient (Wildman–Crippen LogP) is 4.40. The lowest BCUT2D eigenvalue weighted by Gasteiger charge is -2.42. The van der Waals surface area contributed by atoms with Crippen LogP contribution in [0.25, 0.3) is 0 Å². The number of nitrogens with zero attached hydrogens (tertiary/aromatic N) is 2. The van der Waals surface area contributed by atoms with E-state index in [0.717, 1.165) is 18.9 Å². The number of carbonyl (C=O) groups excluding carboxylic acids is 2. The summed E-state index contributed by atoms with van der Waals surface area (Å²) in [6.45, 7) is 3.00. The highest BCUT2D eigenvalue weighted by molar-refractivity contribution is 5.87. The van der Waals surface area contributed by atoms with Gasteiger partial charge < -0.3 is 19.6 Å². The normalized spacial score (nSPS) is 27.9. The average molecular weight is 484 g/mol. The van der Waals surface area contributed by atoms with E-state index in [1.807, 2.05) is 4.90 Å². The Labute approximate surface area is 197 Å². The van der Waals surface area contributed by atoms with Crippen molar-refractivity contribution in [3.05, 3.63) is 23.8 Å². The third-order valence-electron chi connectivity index (χ3n) is 7.39. The first-order valence-electron chi connectivity index (χ1n) is 12.0. The number of piperidine rings is 1. The molecule has 2 saturated heterocycles. The largest absolute Gasteiger partial charge is 0.450 e. The van der Waals surface area contributed by atoms with E-state index >= 15 is 0 Å². The van der Waals surface area contributed by atoms with E-state index in [0.29, 0.717) is 45.2 Å². The number of aliphatic hydroxyl groups excluding tert-OH is 1. The number of anilines is 2. The first-order chi connectivity index (χ1) is 16.1. The standard InChI is InChI=1S/C24H32F3N3O4/c1-2-34-22(33)28-16-4-9-20(19(14-16)24(25,26)27)29-12-3-10-23(15-29)11-13-30(21(23)32)17-5-7-18(31)8-6-17/h4,9,14,17-18,31H,2-3,5-8,10-13,15H2,1H3,(H,28,33)/t17?,18?,23-/m0/s1. The van der Waals surface area contributed by atoms with Gasteiger partial charge in [0.05, 0.1) is 23.7 Å². The Hall–Kier alpha value is -2.49. The summed E-state index contributed by atoms with van der Waals surface area (Å²) in [6.07, 6.45) is -0.946. The van der Waals surface area contributed by atoms with E-state index in [-0.39, 0.29) is 42.6 Å². The van der Waals surface area contributed by atoms with Crippen LogP contribution < -0.4 is 10.2 Å². The Bertz CT molecular complexity index is 917. The predicted molar refractivity (Wildman–Crippen MR) is 121 cm³/mol. The topological polar surface area (TPSA) is 82.1 Å². The number of aliphatic hydroxyl groups is 1. The summed E-state index contributed by atoms with van der Waals surface area (Å²) in [5, 5.41) is 12.1. The van der Waals surface area contributed by atoms with E-state index in [4.69, 9.17) is 4.74 Å². The van der Waals surface area contributed by atoms with Gasteiger partial charge in [-0.25, -0.2) is 4.79 Å². The number of carbonyl (C=O) groups is 2. The fourth-order valence-corrected chi connectivity index (χ4v) is 5.68. The molecule has 1 atom stereocenters. The van der Waals surface area contributed by atoms with E-state index in [1.165, 1.54) is 12.1 Å². The molecule has 2 amide bonds. The van der Waals surface area contributed by atoms with E-state index < -0.39 is 23.2 Å². The maximum atomic E-state index is 14.0. The number of benzene rings is 1. The van der Waals surface area contributed by atoms with Crippen LogP contribution in [0.3, 0.4) is 0 Å². The molecule has 0 radical (unpaired) electrons. The summed E-state index contributed by atoms with van der Waals surface area (Å²) < 4.78 is 46.7. The van der Waals surface area contributed by atoms with Crippen molar-refractivity contribution in [1.82, 2.24) is 4.90 Å². The molecule has 1 saturated carbocycles. The molecule has 0 unspecified atom stereocenters. The van der Waals surface area contributed by atoms with E-state index in [9.17, 15) is 27.9 Å². The van der Waals surface area contributed by atoms with Gasteiger partial charge in [0.2, 0.25) is 5.91 Å². The molecule has 7 nitrogen and oxygen atoms in total. The summed E-state index contributed by atoms with van der Waals surface area (Å²) >= 11 is 0. The van der Waals surface area contributed by atoms with Crippen LogP contribution >= 0.6 is 0 Å². The maximum absolute atomic E-state index is 14.0. The summed E-state index contributed by atoms with van der Waals surface area (Å²) in [4.78, 5) is 28.8. The summed E-state index contributed by atoms with van der Waals surface area (Å²) in [5.41, 5.74) is -1.50. The lowest BCUT2D eigenvalue weighted by atomic mass is 9.78. The van der Waals surface area contributed by atoms with E-state index in [2.05, 4.69) is 5.32 Å². The second-order valence-corrected chi connectivity index (χ2v) is 9.59. The van der Waals surface area contributed by atoms with Gasteiger partial charge in [0, 0.05) is 37.1 Å². The van der Waals surface area contributed by atoms with Crippen LogP contribution in [0.1, 0.15) is 57.4 Å². The van der Waals surface area contributed by atoms with Crippen molar-refractivity contribution in [3.63, 3.8) is 0 Å². The summed E-state index contributed by atoms with van der Waals surface area (Å²) in [7, 11) is 0. The minimum Gasteiger partial charge on any atom is -0.450 e. The SMILES string of the molecule is CCOC(=O)Nc1ccc(N2CCC[C@]3(CCN(C4CCC(O)CC4)C3=O)C2)c(C(F)(F)F)c1. The van der Waals surface area contributed by atoms with Gasteiger partial charge in [0.1, 0.15) is 0 Å². The molecule has 1 aliphatic carbocycles. The van der Waals surface area contributed by atoms with Crippen molar-refractivity contribution in [2.75, 3.05) is 36.5 Å². The molecule has 2 aliphatic heterocycles. The van der Waals surface area contributed by atoms with Crippen molar-refractivity contribution < 1.29 is 32.6 Å². The van der Waals surface area contributed by atoms with E-state index in [1.54, 1.807) is 11.8 Å². The summed E-state index contributed by atoms with van der Waals surface area (Å²) in [5.74, 6) is 0.0350. The van der Waals surface area contributed by atoms with Gasteiger partial charge in [-0.3, -0.25) is 10.1 Å². The highest BCUT2D eigenvalue weighted by Gasteiger charge is 2.51. The van der Waals surface area contributed by atoms with Crippen LogP contribution in [0.2, 0.25) is 0 Å². The van der Waals surface area contributed by atoms with Crippen molar-refractivity contribution >= 4 is 23.4 Å². The molecule has 3 aliphatic rings. The zero-order chi connectivity index (χ0) is 24.5. The third kappa shape index (κ3) is 4.96. The molecular weight excluding hydrogens is 451 g/mol. The van der Waals surface area contributed by atoms with Gasteiger partial charge >= 0.3 is 12.3 Å². The second-order valence-electron chi connectivity index (χ2n) is 9.59. The van der Waals surface area contributed by atoms with Crippen LogP contribution in [0, 0.1) is 5.41 Å². The lowest BCUT2D eigenvalue weighted by molar-refractivity contribution is -0.139. The molecule has 10 heteroatoms. The van der Waals surface area contributed by atoms with Crippen LogP contribution in [-0.2, 0) is 15.7 Å². The quantitative estimate of drug-likeness (QED) is 0.664. The minimum absolute atomic E-state index is 0.00357. The maximum Gasteiger partial charge on any atom is 0.418 e. The molecule has 4 rings (SSSR count). The Balaban J connectivity index is 1.54. The number of amides is 2. The van der Waals surface area contributed by atoms with Crippen molar-refractivity contribution in [2.45, 2.75) is 70.2 Å². The van der Waals surface area contributed by atoms with Gasteiger partial charge in [-0.05, 0) is 70.1 Å². The van der Waals surface area contributed by atoms with Crippen molar-refractivity contribution in [2.24, 2.45) is 5.41 Å². The molecule has 0 aromatic heterocycles. The molecule has 2 N–H and O–H groups in total. The molecular formula is C24H32F3N3O4. The van der Waals surface area contributed by atoms with Crippen molar-refractivity contribution in [1.29, 1.82) is 0 Å². The zero-order valence-corrected chi connectivity index (χ0v) is 19.4. The number of hydrogen-bond acceptors (Lipinski definition) is 5. The van der Waals surface area contributed by atoms with Crippen LogP contribution in [-0.4, -0.2) is 60.4 Å². The number of halogens is 3. The number of ether oxygens (including phenoxy) is 1. The van der Waals surface area contributed by atoms with Gasteiger partial charge in [0.25, 0.3) is 0 Å². The minimum atomic E-state index is -4.62. The van der Waals surface area contributed by atoms with Gasteiger partial charge in [-0.15, -0.1) is 0 Å². The smallest absolute Gasteiger partial charge is 0.418 e. The molecule has 188 valence electrons. The lowest BCUT2D eigenvalue weighted by Crippen LogP contribution is -2.50. The fraction of sp³-hybridized carbons (Fsp3) is 0.667. The molecule has 1 aromatic carbocycles. The third-order valence-corrected chi connectivity index (χ3v) is 7.39. The Morgan fingerprint density at radius 1 is 1.21 bits per heavy atom. The molecule has 3 fully saturated rings. The van der Waals surface area contributed by atoms with Gasteiger partial charge in [-0.2, -0.15) is 13.2 Å². The van der Waals surface area contributed by atoms with Gasteiger partial charge in [0.15, 0.2) is 0 Å². The van der Waals surface area contributed by atoms with Crippen LogP contribution in [0.4, 0.5) is 29.3 Å². The monoisotopic (exact) mass is 483 g/mol. The molecule has 2 heterocycles. The highest BCUT2D eigenvalue weighted by atomic mass is 19.4. The number of nitrogens with one attached hydrogen (secondary N) is 1. The Morgan fingerprint density at radius 2 is 1.94 bits per heavy atom. The molecule has 34 heavy (non-hydrogen) atoms. The number of likely N-dealkylation sites (tertiary alicyclic amines) is 1. The fourth-order valence-electron chi connectivity index (χ4n) is 5.68. The molecule has 0 bridgehead atoms. The second kappa shape index (κ2) is 9.64. The van der Waals surface area contributed by atoms with Crippen LogP contribution in [0.15, 0.2) is 18.2 Å². The number of hydrogen-bond donors (Lipinski definition) is 2.